The number of para-hydroxylation sites is 2. The zero-order chi connectivity index (χ0) is 19.4. The quantitative estimate of drug-likeness (QED) is 0.462. The molecule has 0 atom stereocenters. The summed E-state index contributed by atoms with van der Waals surface area (Å²) < 4.78 is 1.49. The van der Waals surface area contributed by atoms with E-state index in [4.69, 9.17) is 11.6 Å². The number of aromatic nitrogens is 2. The van der Waals surface area contributed by atoms with Gasteiger partial charge in [0.1, 0.15) is 0 Å². The third-order valence-corrected chi connectivity index (χ3v) is 5.52. The van der Waals surface area contributed by atoms with Crippen LogP contribution in [0.2, 0.25) is 5.02 Å². The number of carbonyl (C=O) groups is 1. The fourth-order valence-corrected chi connectivity index (χ4v) is 3.98. The number of amides is 1. The Bertz CT molecular complexity index is 1030. The normalized spacial score (nSPS) is 10.9. The van der Waals surface area contributed by atoms with Crippen LogP contribution in [-0.2, 0) is 4.79 Å². The third kappa shape index (κ3) is 4.01. The van der Waals surface area contributed by atoms with E-state index < -0.39 is 0 Å². The van der Waals surface area contributed by atoms with E-state index in [0.717, 1.165) is 0 Å². The van der Waals surface area contributed by atoms with E-state index in [2.05, 4.69) is 4.98 Å². The summed E-state index contributed by atoms with van der Waals surface area (Å²) in [6.45, 7) is 5.19. The van der Waals surface area contributed by atoms with Gasteiger partial charge < -0.3 is 4.90 Å². The molecular formula is C20H20ClN3O2S. The monoisotopic (exact) mass is 401 g/mol. The lowest BCUT2D eigenvalue weighted by molar-refractivity contribution is -0.127. The summed E-state index contributed by atoms with van der Waals surface area (Å²) in [4.78, 5) is 31.9. The molecule has 7 heteroatoms. The first-order valence-corrected chi connectivity index (χ1v) is 10.1. The maximum Gasteiger partial charge on any atom is 0.266 e. The van der Waals surface area contributed by atoms with Crippen molar-refractivity contribution in [2.75, 3.05) is 18.8 Å². The zero-order valence-electron chi connectivity index (χ0n) is 15.2. The minimum atomic E-state index is -0.202. The first kappa shape index (κ1) is 19.5. The van der Waals surface area contributed by atoms with E-state index in [-0.39, 0.29) is 17.2 Å². The van der Waals surface area contributed by atoms with Gasteiger partial charge in [0.25, 0.3) is 5.56 Å². The summed E-state index contributed by atoms with van der Waals surface area (Å²) in [6, 6.07) is 14.3. The first-order valence-electron chi connectivity index (χ1n) is 8.74. The van der Waals surface area contributed by atoms with Crippen molar-refractivity contribution in [1.82, 2.24) is 14.5 Å². The minimum Gasteiger partial charge on any atom is -0.343 e. The van der Waals surface area contributed by atoms with Gasteiger partial charge in [-0.15, -0.1) is 0 Å². The minimum absolute atomic E-state index is 0.0121. The van der Waals surface area contributed by atoms with Gasteiger partial charge in [0.15, 0.2) is 5.16 Å². The molecule has 1 amide bonds. The van der Waals surface area contributed by atoms with Gasteiger partial charge in [0.2, 0.25) is 5.91 Å². The van der Waals surface area contributed by atoms with Crippen LogP contribution in [0.5, 0.6) is 0 Å². The highest BCUT2D eigenvalue weighted by Gasteiger charge is 2.17. The molecule has 0 aliphatic carbocycles. The maximum absolute atomic E-state index is 13.1. The van der Waals surface area contributed by atoms with E-state index >= 15 is 0 Å². The largest absolute Gasteiger partial charge is 0.343 e. The zero-order valence-corrected chi connectivity index (χ0v) is 16.8. The molecule has 0 spiro atoms. The topological polar surface area (TPSA) is 55.2 Å². The number of fused-ring (bicyclic) bond motifs is 1. The van der Waals surface area contributed by atoms with Gasteiger partial charge in [-0.2, -0.15) is 0 Å². The highest BCUT2D eigenvalue weighted by molar-refractivity contribution is 7.99. The van der Waals surface area contributed by atoms with Crippen molar-refractivity contribution in [3.63, 3.8) is 0 Å². The molecule has 0 saturated carbocycles. The molecule has 0 bridgehead atoms. The van der Waals surface area contributed by atoms with E-state index in [1.165, 1.54) is 16.3 Å². The first-order chi connectivity index (χ1) is 13.1. The summed E-state index contributed by atoms with van der Waals surface area (Å²) >= 11 is 7.59. The van der Waals surface area contributed by atoms with Gasteiger partial charge >= 0.3 is 0 Å². The molecule has 3 rings (SSSR count). The van der Waals surface area contributed by atoms with Crippen molar-refractivity contribution < 1.29 is 4.79 Å². The molecule has 0 N–H and O–H groups in total. The maximum atomic E-state index is 13.1. The van der Waals surface area contributed by atoms with Crippen molar-refractivity contribution in [2.24, 2.45) is 0 Å². The summed E-state index contributed by atoms with van der Waals surface area (Å²) in [6.07, 6.45) is 0. The summed E-state index contributed by atoms with van der Waals surface area (Å²) in [7, 11) is 0. The van der Waals surface area contributed by atoms with E-state index in [1.807, 2.05) is 32.0 Å². The lowest BCUT2D eigenvalue weighted by atomic mass is 10.2. The molecule has 0 aliphatic rings. The van der Waals surface area contributed by atoms with Crippen LogP contribution in [0.4, 0.5) is 0 Å². The molecular weight excluding hydrogens is 382 g/mol. The highest BCUT2D eigenvalue weighted by Crippen LogP contribution is 2.25. The highest BCUT2D eigenvalue weighted by atomic mass is 35.5. The van der Waals surface area contributed by atoms with Crippen LogP contribution >= 0.6 is 23.4 Å². The summed E-state index contributed by atoms with van der Waals surface area (Å²) in [5, 5.41) is 1.41. The van der Waals surface area contributed by atoms with Crippen molar-refractivity contribution >= 4 is 40.2 Å². The predicted octanol–water partition coefficient (Wildman–Crippen LogP) is 4.00. The number of thioether (sulfide) groups is 1. The number of nitrogens with zero attached hydrogens (tertiary/aromatic N) is 3. The van der Waals surface area contributed by atoms with Gasteiger partial charge in [0.05, 0.1) is 27.4 Å². The van der Waals surface area contributed by atoms with E-state index in [1.54, 1.807) is 35.2 Å². The van der Waals surface area contributed by atoms with Crippen LogP contribution in [-0.4, -0.2) is 39.2 Å². The molecule has 140 valence electrons. The van der Waals surface area contributed by atoms with Gasteiger partial charge in [-0.25, -0.2) is 4.98 Å². The van der Waals surface area contributed by atoms with E-state index in [9.17, 15) is 9.59 Å². The number of benzene rings is 2. The van der Waals surface area contributed by atoms with Gasteiger partial charge in [-0.3, -0.25) is 14.2 Å². The number of hydrogen-bond acceptors (Lipinski definition) is 4. The molecule has 5 nitrogen and oxygen atoms in total. The Balaban J connectivity index is 2.10. The van der Waals surface area contributed by atoms with Crippen molar-refractivity contribution in [1.29, 1.82) is 0 Å². The molecule has 3 aromatic rings. The predicted molar refractivity (Wildman–Crippen MR) is 111 cm³/mol. The van der Waals surface area contributed by atoms with Crippen LogP contribution < -0.4 is 5.56 Å². The lowest BCUT2D eigenvalue weighted by Gasteiger charge is -2.19. The van der Waals surface area contributed by atoms with Gasteiger partial charge in [-0.1, -0.05) is 47.6 Å². The Morgan fingerprint density at radius 2 is 1.78 bits per heavy atom. The standard InChI is InChI=1S/C20H20ClN3O2S/c1-3-23(4-2)18(25)13-27-20-22-16-11-7-5-9-14(16)19(26)24(20)17-12-8-6-10-15(17)21/h5-12H,3-4,13H2,1-2H3. The van der Waals surface area contributed by atoms with Crippen LogP contribution in [0.25, 0.3) is 16.6 Å². The van der Waals surface area contributed by atoms with Crippen LogP contribution in [0, 0.1) is 0 Å². The van der Waals surface area contributed by atoms with Crippen molar-refractivity contribution in [3.8, 4) is 5.69 Å². The van der Waals surface area contributed by atoms with E-state index in [0.29, 0.717) is 39.9 Å². The summed E-state index contributed by atoms with van der Waals surface area (Å²) in [5.41, 5.74) is 0.954. The molecule has 0 fully saturated rings. The summed E-state index contributed by atoms with van der Waals surface area (Å²) in [5.74, 6) is 0.217. The second-order valence-corrected chi connectivity index (χ2v) is 7.21. The van der Waals surface area contributed by atoms with Gasteiger partial charge in [-0.05, 0) is 38.1 Å². The average molecular weight is 402 g/mol. The Labute approximate surface area is 167 Å². The molecule has 27 heavy (non-hydrogen) atoms. The average Bonchev–Trinajstić information content (AvgIpc) is 2.68. The number of carbonyl (C=O) groups excluding carboxylic acids is 1. The number of halogens is 1. The Hall–Kier alpha value is -2.31. The number of hydrogen-bond donors (Lipinski definition) is 0. The SMILES string of the molecule is CCN(CC)C(=O)CSc1nc2ccccc2c(=O)n1-c1ccccc1Cl. The Kier molecular flexibility index (Phi) is 6.19. The molecule has 1 heterocycles. The second-order valence-electron chi connectivity index (χ2n) is 5.86. The lowest BCUT2D eigenvalue weighted by Crippen LogP contribution is -2.32. The molecule has 0 aliphatic heterocycles. The van der Waals surface area contributed by atoms with Crippen molar-refractivity contribution in [2.45, 2.75) is 19.0 Å². The van der Waals surface area contributed by atoms with Crippen molar-refractivity contribution in [3.05, 3.63) is 63.9 Å². The Morgan fingerprint density at radius 3 is 2.48 bits per heavy atom. The molecule has 1 aromatic heterocycles. The fourth-order valence-electron chi connectivity index (χ4n) is 2.85. The van der Waals surface area contributed by atoms with Crippen LogP contribution in [0.15, 0.2) is 58.5 Å². The Morgan fingerprint density at radius 1 is 1.11 bits per heavy atom. The number of rotatable bonds is 6. The third-order valence-electron chi connectivity index (χ3n) is 4.28. The fraction of sp³-hybridized carbons (Fsp3) is 0.250. The molecule has 0 unspecified atom stereocenters. The van der Waals surface area contributed by atoms with Crippen LogP contribution in [0.3, 0.4) is 0 Å². The second kappa shape index (κ2) is 8.59. The van der Waals surface area contributed by atoms with Gasteiger partial charge in [0, 0.05) is 13.1 Å². The van der Waals surface area contributed by atoms with Crippen LogP contribution in [0.1, 0.15) is 13.8 Å². The molecule has 2 aromatic carbocycles. The molecule has 0 radical (unpaired) electrons. The smallest absolute Gasteiger partial charge is 0.266 e. The molecule has 0 saturated heterocycles.